The Morgan fingerprint density at radius 1 is 1.00 bits per heavy atom. The van der Waals surface area contributed by atoms with E-state index in [0.717, 1.165) is 62.6 Å². The molecule has 32 heavy (non-hydrogen) atoms. The molecule has 2 fully saturated rings. The van der Waals surface area contributed by atoms with E-state index in [1.165, 1.54) is 23.1 Å². The maximum absolute atomic E-state index is 12.5. The number of piperazine rings is 1. The number of rotatable bonds is 5. The van der Waals surface area contributed by atoms with Crippen LogP contribution in [0.5, 0.6) is 0 Å². The SMILES string of the molecule is Cc1ccc(CC2(O)C(=Cc3ccc(Cl)cc3)CCCCC2CN2CCN(C)CC2)cc1. The number of hydrogen-bond acceptors (Lipinski definition) is 3. The molecule has 1 N–H and O–H groups in total. The van der Waals surface area contributed by atoms with Crippen LogP contribution in [0.4, 0.5) is 0 Å². The Hall–Kier alpha value is -1.65. The average Bonchev–Trinajstić information content (AvgIpc) is 2.92. The van der Waals surface area contributed by atoms with Gasteiger partial charge in [-0.1, -0.05) is 66.1 Å². The predicted molar refractivity (Wildman–Crippen MR) is 135 cm³/mol. The lowest BCUT2D eigenvalue weighted by molar-refractivity contribution is -0.00643. The third kappa shape index (κ3) is 5.82. The van der Waals surface area contributed by atoms with Gasteiger partial charge in [0.25, 0.3) is 0 Å². The first-order valence-electron chi connectivity index (χ1n) is 12.1. The second kappa shape index (κ2) is 10.5. The molecule has 2 aromatic carbocycles. The second-order valence-electron chi connectivity index (χ2n) is 9.85. The molecule has 0 spiro atoms. The zero-order chi connectivity index (χ0) is 22.6. The van der Waals surface area contributed by atoms with Crippen molar-refractivity contribution < 1.29 is 5.11 Å². The molecule has 1 aliphatic heterocycles. The fourth-order valence-electron chi connectivity index (χ4n) is 5.24. The summed E-state index contributed by atoms with van der Waals surface area (Å²) in [5.74, 6) is 0.230. The van der Waals surface area contributed by atoms with E-state index in [2.05, 4.69) is 66.2 Å². The van der Waals surface area contributed by atoms with Crippen molar-refractivity contribution in [3.63, 3.8) is 0 Å². The van der Waals surface area contributed by atoms with E-state index < -0.39 is 5.60 Å². The first kappa shape index (κ1) is 23.5. The van der Waals surface area contributed by atoms with Gasteiger partial charge < -0.3 is 14.9 Å². The molecule has 0 aromatic heterocycles. The molecular weight excluding hydrogens is 416 g/mol. The predicted octanol–water partition coefficient (Wildman–Crippen LogP) is 5.44. The van der Waals surface area contributed by atoms with Gasteiger partial charge in [-0.15, -0.1) is 0 Å². The number of nitrogens with zero attached hydrogens (tertiary/aromatic N) is 2. The molecule has 2 atom stereocenters. The van der Waals surface area contributed by atoms with Gasteiger partial charge in [0.2, 0.25) is 0 Å². The van der Waals surface area contributed by atoms with Crippen molar-refractivity contribution in [2.75, 3.05) is 39.8 Å². The van der Waals surface area contributed by atoms with Gasteiger partial charge in [-0.25, -0.2) is 0 Å². The third-order valence-electron chi connectivity index (χ3n) is 7.36. The van der Waals surface area contributed by atoms with E-state index in [1.54, 1.807) is 0 Å². The van der Waals surface area contributed by atoms with Gasteiger partial charge in [0, 0.05) is 50.1 Å². The van der Waals surface area contributed by atoms with Crippen molar-refractivity contribution in [2.45, 2.75) is 44.6 Å². The van der Waals surface area contributed by atoms with Crippen LogP contribution in [-0.4, -0.2) is 60.3 Å². The molecule has 2 unspecified atom stereocenters. The van der Waals surface area contributed by atoms with Gasteiger partial charge in [-0.2, -0.15) is 0 Å². The first-order chi connectivity index (χ1) is 15.4. The summed E-state index contributed by atoms with van der Waals surface area (Å²) in [5, 5.41) is 13.2. The Bertz CT molecular complexity index is 900. The standard InChI is InChI=1S/C28H37ClN2O/c1-22-7-9-24(10-8-22)20-28(32)25(19-23-11-13-27(29)14-12-23)5-3-4-6-26(28)21-31-17-15-30(2)16-18-31/h7-14,19,26,32H,3-6,15-18,20-21H2,1-2H3. The Morgan fingerprint density at radius 3 is 2.38 bits per heavy atom. The number of halogens is 1. The molecule has 2 aliphatic rings. The lowest BCUT2D eigenvalue weighted by atomic mass is 9.74. The average molecular weight is 453 g/mol. The minimum Gasteiger partial charge on any atom is -0.385 e. The molecular formula is C28H37ClN2O. The van der Waals surface area contributed by atoms with Gasteiger partial charge in [0.1, 0.15) is 0 Å². The number of aryl methyl sites for hydroxylation is 1. The van der Waals surface area contributed by atoms with E-state index >= 15 is 0 Å². The molecule has 1 saturated heterocycles. The van der Waals surface area contributed by atoms with E-state index in [-0.39, 0.29) is 5.92 Å². The minimum absolute atomic E-state index is 0.230. The molecule has 2 aromatic rings. The van der Waals surface area contributed by atoms with Crippen LogP contribution in [0.15, 0.2) is 54.1 Å². The summed E-state index contributed by atoms with van der Waals surface area (Å²) in [6.07, 6.45) is 7.23. The monoisotopic (exact) mass is 452 g/mol. The Balaban J connectivity index is 1.67. The van der Waals surface area contributed by atoms with Crippen molar-refractivity contribution in [3.05, 3.63) is 75.8 Å². The molecule has 1 saturated carbocycles. The second-order valence-corrected chi connectivity index (χ2v) is 10.3. The maximum atomic E-state index is 12.5. The topological polar surface area (TPSA) is 26.7 Å². The fourth-order valence-corrected chi connectivity index (χ4v) is 5.37. The van der Waals surface area contributed by atoms with Crippen molar-refractivity contribution in [2.24, 2.45) is 5.92 Å². The molecule has 1 heterocycles. The summed E-state index contributed by atoms with van der Waals surface area (Å²) < 4.78 is 0. The molecule has 4 rings (SSSR count). The van der Waals surface area contributed by atoms with Crippen LogP contribution in [-0.2, 0) is 6.42 Å². The largest absolute Gasteiger partial charge is 0.385 e. The lowest BCUT2D eigenvalue weighted by Gasteiger charge is -2.42. The lowest BCUT2D eigenvalue weighted by Crippen LogP contribution is -2.51. The highest BCUT2D eigenvalue weighted by molar-refractivity contribution is 6.30. The van der Waals surface area contributed by atoms with Crippen LogP contribution in [0.25, 0.3) is 6.08 Å². The van der Waals surface area contributed by atoms with Crippen molar-refractivity contribution in [3.8, 4) is 0 Å². The highest BCUT2D eigenvalue weighted by Crippen LogP contribution is 2.41. The molecule has 172 valence electrons. The van der Waals surface area contributed by atoms with E-state index in [1.807, 2.05) is 12.1 Å². The van der Waals surface area contributed by atoms with Crippen molar-refractivity contribution in [1.82, 2.24) is 9.80 Å². The first-order valence-corrected chi connectivity index (χ1v) is 12.5. The Morgan fingerprint density at radius 2 is 1.69 bits per heavy atom. The Kier molecular flexibility index (Phi) is 7.73. The molecule has 3 nitrogen and oxygen atoms in total. The summed E-state index contributed by atoms with van der Waals surface area (Å²) in [6, 6.07) is 16.7. The van der Waals surface area contributed by atoms with E-state index in [4.69, 9.17) is 11.6 Å². The quantitative estimate of drug-likeness (QED) is 0.611. The molecule has 1 aliphatic carbocycles. The van der Waals surface area contributed by atoms with Gasteiger partial charge in [0.15, 0.2) is 0 Å². The number of likely N-dealkylation sites (N-methyl/N-ethyl adjacent to an activating group) is 1. The highest BCUT2D eigenvalue weighted by Gasteiger charge is 2.42. The fraction of sp³-hybridized carbons (Fsp3) is 0.500. The summed E-state index contributed by atoms with van der Waals surface area (Å²) in [6.45, 7) is 7.47. The van der Waals surface area contributed by atoms with E-state index in [0.29, 0.717) is 6.42 Å². The summed E-state index contributed by atoms with van der Waals surface area (Å²) in [7, 11) is 2.20. The smallest absolute Gasteiger partial charge is 0.0940 e. The van der Waals surface area contributed by atoms with Gasteiger partial charge in [-0.3, -0.25) is 0 Å². The zero-order valence-corrected chi connectivity index (χ0v) is 20.3. The molecule has 4 heteroatoms. The minimum atomic E-state index is -0.839. The molecule has 0 bridgehead atoms. The summed E-state index contributed by atoms with van der Waals surface area (Å²) in [5.41, 5.74) is 3.93. The third-order valence-corrected chi connectivity index (χ3v) is 7.61. The number of benzene rings is 2. The van der Waals surface area contributed by atoms with Crippen molar-refractivity contribution >= 4 is 17.7 Å². The molecule has 0 radical (unpaired) electrons. The van der Waals surface area contributed by atoms with Crippen molar-refractivity contribution in [1.29, 1.82) is 0 Å². The number of aliphatic hydroxyl groups is 1. The van der Waals surface area contributed by atoms with Crippen LogP contribution in [0.2, 0.25) is 5.02 Å². The van der Waals surface area contributed by atoms with Gasteiger partial charge in [-0.05, 0) is 62.1 Å². The van der Waals surface area contributed by atoms with Crippen LogP contribution in [0, 0.1) is 12.8 Å². The van der Waals surface area contributed by atoms with Gasteiger partial charge in [0.05, 0.1) is 5.60 Å². The highest BCUT2D eigenvalue weighted by atomic mass is 35.5. The zero-order valence-electron chi connectivity index (χ0n) is 19.6. The van der Waals surface area contributed by atoms with Crippen LogP contribution in [0.3, 0.4) is 0 Å². The summed E-state index contributed by atoms with van der Waals surface area (Å²) in [4.78, 5) is 4.96. The van der Waals surface area contributed by atoms with Crippen LogP contribution < -0.4 is 0 Å². The number of hydrogen-bond donors (Lipinski definition) is 1. The van der Waals surface area contributed by atoms with Crippen LogP contribution in [0.1, 0.15) is 42.4 Å². The van der Waals surface area contributed by atoms with E-state index in [9.17, 15) is 5.11 Å². The normalized spacial score (nSPS) is 26.9. The van der Waals surface area contributed by atoms with Crippen LogP contribution >= 0.6 is 11.6 Å². The van der Waals surface area contributed by atoms with Gasteiger partial charge >= 0.3 is 0 Å². The molecule has 0 amide bonds. The maximum Gasteiger partial charge on any atom is 0.0940 e. The summed E-state index contributed by atoms with van der Waals surface area (Å²) >= 11 is 6.12. The Labute approximate surface area is 198 Å².